The van der Waals surface area contributed by atoms with E-state index >= 15 is 0 Å². The molecule has 5 rings (SSSR count). The third-order valence-corrected chi connectivity index (χ3v) is 8.27. The number of anilines is 5. The SMILES string of the molecule is C=CC(=O)Nc1cc(Nc2nccc(C(=N)c3sccc3NC)n2)c(OC(F)F)cc1N1CC2(CCCN2C)C1. The molecule has 1 amide bonds. The summed E-state index contributed by atoms with van der Waals surface area (Å²) in [7, 11) is 3.86. The molecule has 4 N–H and O–H groups in total. The largest absolute Gasteiger partial charge is 0.433 e. The molecule has 210 valence electrons. The molecule has 3 aromatic rings. The molecule has 1 aromatic carbocycles. The predicted molar refractivity (Wildman–Crippen MR) is 154 cm³/mol. The second-order valence-electron chi connectivity index (χ2n) is 9.72. The van der Waals surface area contributed by atoms with Gasteiger partial charge in [-0.05, 0) is 56.1 Å². The van der Waals surface area contributed by atoms with Gasteiger partial charge in [-0.2, -0.15) is 8.78 Å². The molecule has 2 aromatic heterocycles. The van der Waals surface area contributed by atoms with E-state index in [-0.39, 0.29) is 28.6 Å². The maximum Gasteiger partial charge on any atom is 0.387 e. The first-order chi connectivity index (χ1) is 19.2. The number of likely N-dealkylation sites (tertiary alicyclic amines) is 1. The van der Waals surface area contributed by atoms with Gasteiger partial charge in [0.15, 0.2) is 5.75 Å². The van der Waals surface area contributed by atoms with Crippen molar-refractivity contribution in [1.82, 2.24) is 14.9 Å². The van der Waals surface area contributed by atoms with Gasteiger partial charge in [-0.15, -0.1) is 11.3 Å². The molecule has 0 aliphatic carbocycles. The van der Waals surface area contributed by atoms with E-state index in [1.165, 1.54) is 29.7 Å². The highest BCUT2D eigenvalue weighted by molar-refractivity contribution is 7.13. The van der Waals surface area contributed by atoms with Crippen LogP contribution in [0.3, 0.4) is 0 Å². The molecule has 2 saturated heterocycles. The molecule has 0 unspecified atom stereocenters. The zero-order valence-corrected chi connectivity index (χ0v) is 22.9. The Morgan fingerprint density at radius 1 is 1.27 bits per heavy atom. The average molecular weight is 569 g/mol. The molecule has 4 heterocycles. The van der Waals surface area contributed by atoms with Crippen molar-refractivity contribution in [3.8, 4) is 5.75 Å². The maximum absolute atomic E-state index is 13.5. The minimum absolute atomic E-state index is 0.0366. The minimum Gasteiger partial charge on any atom is -0.433 e. The van der Waals surface area contributed by atoms with Crippen molar-refractivity contribution in [3.63, 3.8) is 0 Å². The summed E-state index contributed by atoms with van der Waals surface area (Å²) < 4.78 is 31.9. The molecule has 0 saturated carbocycles. The Balaban J connectivity index is 1.48. The van der Waals surface area contributed by atoms with Crippen molar-refractivity contribution < 1.29 is 18.3 Å². The van der Waals surface area contributed by atoms with Gasteiger partial charge in [0.05, 0.1) is 44.6 Å². The molecule has 13 heteroatoms. The number of alkyl halides is 2. The molecule has 0 radical (unpaired) electrons. The van der Waals surface area contributed by atoms with Gasteiger partial charge in [0.1, 0.15) is 0 Å². The maximum atomic E-state index is 13.5. The van der Waals surface area contributed by atoms with Gasteiger partial charge in [-0.25, -0.2) is 9.97 Å². The van der Waals surface area contributed by atoms with E-state index in [0.29, 0.717) is 35.0 Å². The highest BCUT2D eigenvalue weighted by Gasteiger charge is 2.49. The van der Waals surface area contributed by atoms with E-state index in [2.05, 4.69) is 44.4 Å². The lowest BCUT2D eigenvalue weighted by Crippen LogP contribution is -2.67. The molecule has 1 spiro atoms. The van der Waals surface area contributed by atoms with Crippen LogP contribution in [0.15, 0.2) is 48.5 Å². The zero-order valence-electron chi connectivity index (χ0n) is 22.1. The van der Waals surface area contributed by atoms with Crippen molar-refractivity contribution in [3.05, 3.63) is 59.1 Å². The monoisotopic (exact) mass is 568 g/mol. The summed E-state index contributed by atoms with van der Waals surface area (Å²) in [6.07, 6.45) is 4.78. The van der Waals surface area contributed by atoms with Crippen molar-refractivity contribution >= 4 is 51.7 Å². The summed E-state index contributed by atoms with van der Waals surface area (Å²) >= 11 is 1.40. The van der Waals surface area contributed by atoms with Crippen molar-refractivity contribution in [2.75, 3.05) is 54.6 Å². The normalized spacial score (nSPS) is 16.1. The highest BCUT2D eigenvalue weighted by atomic mass is 32.1. The Morgan fingerprint density at radius 2 is 2.08 bits per heavy atom. The highest BCUT2D eigenvalue weighted by Crippen LogP contribution is 2.45. The third kappa shape index (κ3) is 5.34. The van der Waals surface area contributed by atoms with E-state index in [1.807, 2.05) is 16.3 Å². The number of carbonyl (C=O) groups excluding carboxylic acids is 1. The quantitative estimate of drug-likeness (QED) is 0.205. The van der Waals surface area contributed by atoms with Crippen LogP contribution in [0.5, 0.6) is 5.75 Å². The zero-order chi connectivity index (χ0) is 28.4. The number of rotatable bonds is 10. The van der Waals surface area contributed by atoms with E-state index < -0.39 is 12.5 Å². The Kier molecular flexibility index (Phi) is 7.68. The van der Waals surface area contributed by atoms with E-state index in [1.54, 1.807) is 13.1 Å². The van der Waals surface area contributed by atoms with Crippen molar-refractivity contribution in [1.29, 1.82) is 5.41 Å². The fourth-order valence-corrected chi connectivity index (χ4v) is 6.07. The average Bonchev–Trinajstić information content (AvgIpc) is 3.55. The first kappa shape index (κ1) is 27.5. The van der Waals surface area contributed by atoms with Crippen LogP contribution in [0.1, 0.15) is 23.4 Å². The van der Waals surface area contributed by atoms with Crippen LogP contribution in [0.2, 0.25) is 0 Å². The second-order valence-corrected chi connectivity index (χ2v) is 10.6. The summed E-state index contributed by atoms with van der Waals surface area (Å²) in [5, 5.41) is 19.3. The molecule has 2 aliphatic rings. The van der Waals surface area contributed by atoms with Gasteiger partial charge < -0.3 is 25.6 Å². The van der Waals surface area contributed by atoms with Gasteiger partial charge in [0.2, 0.25) is 11.9 Å². The molecule has 0 bridgehead atoms. The second kappa shape index (κ2) is 11.2. The summed E-state index contributed by atoms with van der Waals surface area (Å²) in [6, 6.07) is 6.49. The lowest BCUT2D eigenvalue weighted by atomic mass is 9.86. The van der Waals surface area contributed by atoms with Gasteiger partial charge in [0, 0.05) is 32.4 Å². The van der Waals surface area contributed by atoms with Gasteiger partial charge in [0.25, 0.3) is 0 Å². The molecule has 2 fully saturated rings. The van der Waals surface area contributed by atoms with E-state index in [4.69, 9.17) is 10.1 Å². The fourth-order valence-electron chi connectivity index (χ4n) is 5.21. The van der Waals surface area contributed by atoms with Gasteiger partial charge >= 0.3 is 6.61 Å². The topological polar surface area (TPSA) is 118 Å². The Morgan fingerprint density at radius 3 is 2.75 bits per heavy atom. The Bertz CT molecular complexity index is 1440. The molecule has 10 nitrogen and oxygen atoms in total. The van der Waals surface area contributed by atoms with E-state index in [0.717, 1.165) is 31.1 Å². The first-order valence-corrected chi connectivity index (χ1v) is 13.6. The Hall–Kier alpha value is -4.10. The van der Waals surface area contributed by atoms with Crippen LogP contribution in [0.25, 0.3) is 0 Å². The fraction of sp³-hybridized carbons (Fsp3) is 0.333. The van der Waals surface area contributed by atoms with Crippen LogP contribution < -0.4 is 25.6 Å². The third-order valence-electron chi connectivity index (χ3n) is 7.33. The van der Waals surface area contributed by atoms with Crippen LogP contribution in [0, 0.1) is 5.41 Å². The number of hydrogen-bond donors (Lipinski definition) is 4. The summed E-state index contributed by atoms with van der Waals surface area (Å²) in [4.78, 5) is 26.0. The number of hydrogen-bond acceptors (Lipinski definition) is 10. The Labute approximate surface area is 234 Å². The van der Waals surface area contributed by atoms with Crippen molar-refractivity contribution in [2.24, 2.45) is 0 Å². The number of halogens is 2. The van der Waals surface area contributed by atoms with Crippen LogP contribution >= 0.6 is 11.3 Å². The molecule has 40 heavy (non-hydrogen) atoms. The summed E-state index contributed by atoms with van der Waals surface area (Å²) in [5.74, 6) is -0.485. The smallest absolute Gasteiger partial charge is 0.387 e. The number of ether oxygens (including phenoxy) is 1. The van der Waals surface area contributed by atoms with Gasteiger partial charge in [-0.3, -0.25) is 15.1 Å². The molecule has 2 aliphatic heterocycles. The number of likely N-dealkylation sites (N-methyl/N-ethyl adjacent to an activating group) is 1. The van der Waals surface area contributed by atoms with Crippen LogP contribution in [-0.4, -0.2) is 72.4 Å². The number of benzene rings is 1. The van der Waals surface area contributed by atoms with Gasteiger partial charge in [-0.1, -0.05) is 6.58 Å². The lowest BCUT2D eigenvalue weighted by molar-refractivity contribution is -0.111. The van der Waals surface area contributed by atoms with Crippen LogP contribution in [0.4, 0.5) is 37.5 Å². The van der Waals surface area contributed by atoms with Crippen molar-refractivity contribution in [2.45, 2.75) is 25.0 Å². The number of carbonyl (C=O) groups is 1. The summed E-state index contributed by atoms with van der Waals surface area (Å²) in [6.45, 7) is 2.86. The number of nitrogens with zero attached hydrogens (tertiary/aromatic N) is 4. The predicted octanol–water partition coefficient (Wildman–Crippen LogP) is 4.75. The van der Waals surface area contributed by atoms with E-state index in [9.17, 15) is 13.6 Å². The lowest BCUT2D eigenvalue weighted by Gasteiger charge is -2.53. The number of thiophene rings is 1. The standard InChI is InChI=1S/C27H30F2N8O2S/c1-4-22(38)33-18-12-19(35-26-32-9-6-16(34-26)23(30)24-17(31-2)7-11-40-24)21(39-25(28)29)13-20(18)37-14-27(15-37)8-5-10-36(27)3/h4,6-7,9,11-13,25,30-31H,1,5,8,10,14-15H2,2-3H3,(H,33,38)(H,32,34,35). The minimum atomic E-state index is -3.08. The number of nitrogens with one attached hydrogen (secondary N) is 4. The number of amides is 1. The molecular weight excluding hydrogens is 538 g/mol. The summed E-state index contributed by atoms with van der Waals surface area (Å²) in [5.41, 5.74) is 2.47. The molecular formula is C27H30F2N8O2S. The first-order valence-electron chi connectivity index (χ1n) is 12.7. The van der Waals surface area contributed by atoms with Crippen LogP contribution in [-0.2, 0) is 4.79 Å². The molecule has 0 atom stereocenters. The number of aromatic nitrogens is 2.